The molecule has 0 spiro atoms. The van der Waals surface area contributed by atoms with Gasteiger partial charge in [0.05, 0.1) is 19.1 Å². The van der Waals surface area contributed by atoms with Crippen molar-refractivity contribution in [3.05, 3.63) is 47.5 Å². The van der Waals surface area contributed by atoms with E-state index in [-0.39, 0.29) is 16.7 Å². The fraction of sp³-hybridized carbons (Fsp3) is 0.409. The number of carbonyl (C=O) groups excluding carboxylic acids is 1. The van der Waals surface area contributed by atoms with E-state index in [0.29, 0.717) is 37.4 Å². The van der Waals surface area contributed by atoms with Gasteiger partial charge in [-0.2, -0.15) is 4.31 Å². The fourth-order valence-electron chi connectivity index (χ4n) is 3.59. The lowest BCUT2D eigenvalue weighted by atomic mass is 9.97. The number of aryl methyl sites for hydroxylation is 2. The average Bonchev–Trinajstić information content (AvgIpc) is 2.75. The molecule has 3 rings (SSSR count). The Kier molecular flexibility index (Phi) is 6.67. The highest BCUT2D eigenvalue weighted by Crippen LogP contribution is 2.32. The number of piperidine rings is 1. The van der Waals surface area contributed by atoms with Gasteiger partial charge >= 0.3 is 0 Å². The van der Waals surface area contributed by atoms with Crippen molar-refractivity contribution in [1.82, 2.24) is 4.31 Å². The lowest BCUT2D eigenvalue weighted by Gasteiger charge is -2.30. The first-order chi connectivity index (χ1) is 14.3. The first-order valence-corrected chi connectivity index (χ1v) is 11.3. The molecular formula is C22H28N2O5S. The summed E-state index contributed by atoms with van der Waals surface area (Å²) in [6, 6.07) is 10.5. The van der Waals surface area contributed by atoms with Crippen molar-refractivity contribution >= 4 is 21.6 Å². The number of nitrogens with one attached hydrogen (secondary N) is 1. The van der Waals surface area contributed by atoms with Crippen LogP contribution in [0.4, 0.5) is 5.69 Å². The zero-order valence-corrected chi connectivity index (χ0v) is 18.6. The van der Waals surface area contributed by atoms with Gasteiger partial charge in [0, 0.05) is 30.8 Å². The number of benzene rings is 2. The van der Waals surface area contributed by atoms with Crippen molar-refractivity contribution in [3.63, 3.8) is 0 Å². The summed E-state index contributed by atoms with van der Waals surface area (Å²) in [7, 11) is -0.707. The number of methoxy groups -OCH3 is 2. The number of carbonyl (C=O) groups is 1. The number of nitrogens with zero attached hydrogens (tertiary/aromatic N) is 1. The Morgan fingerprint density at radius 3 is 2.30 bits per heavy atom. The maximum Gasteiger partial charge on any atom is 0.243 e. The molecule has 0 unspecified atom stereocenters. The van der Waals surface area contributed by atoms with E-state index in [4.69, 9.17) is 9.47 Å². The van der Waals surface area contributed by atoms with E-state index in [9.17, 15) is 13.2 Å². The molecule has 0 radical (unpaired) electrons. The van der Waals surface area contributed by atoms with Crippen LogP contribution >= 0.6 is 0 Å². The standard InChI is InChI=1S/C22H28N2O5S/c1-15-5-6-16(2)19(13-15)23-22(25)17-9-11-24(12-10-17)30(26,27)18-7-8-20(28-3)21(14-18)29-4/h5-8,13-14,17H,9-12H2,1-4H3,(H,23,25). The van der Waals surface area contributed by atoms with Gasteiger partial charge in [-0.05, 0) is 56.0 Å². The predicted octanol–water partition coefficient (Wildman–Crippen LogP) is 3.36. The lowest BCUT2D eigenvalue weighted by molar-refractivity contribution is -0.120. The molecule has 0 bridgehead atoms. The van der Waals surface area contributed by atoms with E-state index >= 15 is 0 Å². The zero-order valence-electron chi connectivity index (χ0n) is 17.8. The molecule has 0 saturated carbocycles. The molecule has 1 N–H and O–H groups in total. The van der Waals surface area contributed by atoms with Crippen LogP contribution in [0.1, 0.15) is 24.0 Å². The number of ether oxygens (including phenoxy) is 2. The summed E-state index contributed by atoms with van der Waals surface area (Å²) < 4.78 is 37.9. The van der Waals surface area contributed by atoms with E-state index in [2.05, 4.69) is 5.32 Å². The second-order valence-corrected chi connectivity index (χ2v) is 9.44. The molecule has 1 amide bonds. The molecular weight excluding hydrogens is 404 g/mol. The number of hydrogen-bond donors (Lipinski definition) is 1. The molecule has 1 aliphatic heterocycles. The van der Waals surface area contributed by atoms with E-state index in [0.717, 1.165) is 16.8 Å². The van der Waals surface area contributed by atoms with E-state index in [1.165, 1.54) is 30.7 Å². The van der Waals surface area contributed by atoms with Gasteiger partial charge in [-0.25, -0.2) is 8.42 Å². The summed E-state index contributed by atoms with van der Waals surface area (Å²) in [5.41, 5.74) is 2.88. The highest BCUT2D eigenvalue weighted by Gasteiger charge is 2.32. The van der Waals surface area contributed by atoms with E-state index in [1.807, 2.05) is 32.0 Å². The van der Waals surface area contributed by atoms with Crippen LogP contribution in [0.15, 0.2) is 41.3 Å². The Morgan fingerprint density at radius 2 is 1.67 bits per heavy atom. The summed E-state index contributed by atoms with van der Waals surface area (Å²) in [4.78, 5) is 12.9. The van der Waals surface area contributed by atoms with Crippen LogP contribution in [0.2, 0.25) is 0 Å². The van der Waals surface area contributed by atoms with Crippen molar-refractivity contribution in [2.45, 2.75) is 31.6 Å². The lowest BCUT2D eigenvalue weighted by Crippen LogP contribution is -2.41. The number of amides is 1. The normalized spacial score (nSPS) is 15.6. The predicted molar refractivity (Wildman–Crippen MR) is 116 cm³/mol. The Balaban J connectivity index is 1.67. The molecule has 8 heteroatoms. The van der Waals surface area contributed by atoms with Crippen LogP contribution in [0.5, 0.6) is 11.5 Å². The molecule has 2 aromatic carbocycles. The molecule has 0 aliphatic carbocycles. The second kappa shape index (κ2) is 9.06. The van der Waals surface area contributed by atoms with Crippen molar-refractivity contribution in [2.24, 2.45) is 5.92 Å². The highest BCUT2D eigenvalue weighted by molar-refractivity contribution is 7.89. The molecule has 7 nitrogen and oxygen atoms in total. The van der Waals surface area contributed by atoms with Crippen LogP contribution < -0.4 is 14.8 Å². The van der Waals surface area contributed by atoms with Crippen LogP contribution in [0.3, 0.4) is 0 Å². The Bertz CT molecular complexity index is 1030. The minimum Gasteiger partial charge on any atom is -0.493 e. The number of sulfonamides is 1. The molecule has 2 aromatic rings. The molecule has 0 atom stereocenters. The fourth-order valence-corrected chi connectivity index (χ4v) is 5.08. The van der Waals surface area contributed by atoms with Crippen LogP contribution in [0, 0.1) is 19.8 Å². The molecule has 0 aromatic heterocycles. The van der Waals surface area contributed by atoms with Gasteiger partial charge in [0.2, 0.25) is 15.9 Å². The Labute approximate surface area is 178 Å². The minimum atomic E-state index is -3.67. The Hall–Kier alpha value is -2.58. The third kappa shape index (κ3) is 4.60. The summed E-state index contributed by atoms with van der Waals surface area (Å²) >= 11 is 0. The average molecular weight is 433 g/mol. The molecule has 1 fully saturated rings. The van der Waals surface area contributed by atoms with Crippen LogP contribution in [-0.2, 0) is 14.8 Å². The Morgan fingerprint density at radius 1 is 1.00 bits per heavy atom. The van der Waals surface area contributed by atoms with Crippen molar-refractivity contribution < 1.29 is 22.7 Å². The third-order valence-electron chi connectivity index (χ3n) is 5.47. The summed E-state index contributed by atoms with van der Waals surface area (Å²) in [5, 5.41) is 3.00. The van der Waals surface area contributed by atoms with E-state index in [1.54, 1.807) is 6.07 Å². The van der Waals surface area contributed by atoms with Crippen LogP contribution in [-0.4, -0.2) is 45.9 Å². The first kappa shape index (κ1) is 22.1. The monoisotopic (exact) mass is 432 g/mol. The van der Waals surface area contributed by atoms with Gasteiger partial charge in [-0.3, -0.25) is 4.79 Å². The third-order valence-corrected chi connectivity index (χ3v) is 7.36. The summed E-state index contributed by atoms with van der Waals surface area (Å²) in [5.74, 6) is 0.549. The second-order valence-electron chi connectivity index (χ2n) is 7.50. The maximum atomic E-state index is 13.0. The van der Waals surface area contributed by atoms with Gasteiger partial charge < -0.3 is 14.8 Å². The largest absolute Gasteiger partial charge is 0.493 e. The first-order valence-electron chi connectivity index (χ1n) is 9.86. The molecule has 30 heavy (non-hydrogen) atoms. The van der Waals surface area contributed by atoms with Crippen molar-refractivity contribution in [2.75, 3.05) is 32.6 Å². The SMILES string of the molecule is COc1ccc(S(=O)(=O)N2CCC(C(=O)Nc3cc(C)ccc3C)CC2)cc1OC. The maximum absolute atomic E-state index is 13.0. The van der Waals surface area contributed by atoms with Crippen molar-refractivity contribution in [3.8, 4) is 11.5 Å². The van der Waals surface area contributed by atoms with Gasteiger partial charge in [0.25, 0.3) is 0 Å². The summed E-state index contributed by atoms with van der Waals surface area (Å²) in [6.45, 7) is 4.52. The topological polar surface area (TPSA) is 84.9 Å². The van der Waals surface area contributed by atoms with Gasteiger partial charge in [0.1, 0.15) is 0 Å². The molecule has 1 heterocycles. The highest BCUT2D eigenvalue weighted by atomic mass is 32.2. The van der Waals surface area contributed by atoms with Gasteiger partial charge in [-0.1, -0.05) is 12.1 Å². The number of rotatable bonds is 6. The van der Waals surface area contributed by atoms with Crippen molar-refractivity contribution in [1.29, 1.82) is 0 Å². The smallest absolute Gasteiger partial charge is 0.243 e. The van der Waals surface area contributed by atoms with E-state index < -0.39 is 10.0 Å². The quantitative estimate of drug-likeness (QED) is 0.757. The van der Waals surface area contributed by atoms with Gasteiger partial charge in [-0.15, -0.1) is 0 Å². The van der Waals surface area contributed by atoms with Crippen LogP contribution in [0.25, 0.3) is 0 Å². The number of hydrogen-bond acceptors (Lipinski definition) is 5. The minimum absolute atomic E-state index is 0.0631. The number of anilines is 1. The summed E-state index contributed by atoms with van der Waals surface area (Å²) in [6.07, 6.45) is 0.951. The molecule has 1 aliphatic rings. The molecule has 1 saturated heterocycles. The van der Waals surface area contributed by atoms with Gasteiger partial charge in [0.15, 0.2) is 11.5 Å². The zero-order chi connectivity index (χ0) is 21.9. The molecule has 162 valence electrons.